The molecule has 5 rings (SSSR count). The minimum absolute atomic E-state index is 0.0958. The van der Waals surface area contributed by atoms with E-state index in [-0.39, 0.29) is 64.4 Å². The number of pyridine rings is 1. The third kappa shape index (κ3) is 7.20. The maximum absolute atomic E-state index is 13.1. The summed E-state index contributed by atoms with van der Waals surface area (Å²) in [6, 6.07) is 4.16. The number of ether oxygens (including phenoxy) is 1. The molecule has 0 spiro atoms. The van der Waals surface area contributed by atoms with E-state index in [1.54, 1.807) is 11.6 Å². The highest BCUT2D eigenvalue weighted by Gasteiger charge is 2.62. The number of aromatic nitrogens is 5. The predicted molar refractivity (Wildman–Crippen MR) is 155 cm³/mol. The third-order valence-corrected chi connectivity index (χ3v) is 9.97. The molecule has 2 fully saturated rings. The summed E-state index contributed by atoms with van der Waals surface area (Å²) in [7, 11) is -4.26. The number of nitrogens with one attached hydrogen (secondary N) is 2. The topological polar surface area (TPSA) is 133 Å². The average Bonchev–Trinajstić information content (AvgIpc) is 3.22. The maximum atomic E-state index is 13.1. The van der Waals surface area contributed by atoms with Gasteiger partial charge in [0.15, 0.2) is 5.82 Å². The van der Waals surface area contributed by atoms with Gasteiger partial charge in [-0.15, -0.1) is 5.10 Å². The van der Waals surface area contributed by atoms with Crippen molar-refractivity contribution >= 4 is 27.5 Å². The number of carbonyl (C=O) groups is 1. The Morgan fingerprint density at radius 3 is 2.61 bits per heavy atom. The van der Waals surface area contributed by atoms with Crippen LogP contribution in [0.4, 0.5) is 13.2 Å². The highest BCUT2D eigenvalue weighted by Crippen LogP contribution is 2.59. The average molecular weight is 658 g/mol. The lowest BCUT2D eigenvalue weighted by Gasteiger charge is -2.18. The molecule has 4 heterocycles. The molecule has 1 amide bonds. The first-order valence-corrected chi connectivity index (χ1v) is 16.2. The van der Waals surface area contributed by atoms with Crippen LogP contribution in [0.2, 0.25) is 5.15 Å². The van der Waals surface area contributed by atoms with Gasteiger partial charge in [-0.3, -0.25) is 9.48 Å². The fourth-order valence-corrected chi connectivity index (χ4v) is 6.94. The van der Waals surface area contributed by atoms with Crippen LogP contribution in [0.5, 0.6) is 5.88 Å². The number of alkyl halides is 3. The maximum Gasteiger partial charge on any atom is 0.394 e. The quantitative estimate of drug-likeness (QED) is 0.265. The van der Waals surface area contributed by atoms with E-state index in [4.69, 9.17) is 16.3 Å². The van der Waals surface area contributed by atoms with E-state index >= 15 is 0 Å². The van der Waals surface area contributed by atoms with Crippen LogP contribution in [0.1, 0.15) is 68.4 Å². The van der Waals surface area contributed by atoms with Crippen LogP contribution < -0.4 is 14.8 Å². The Morgan fingerprint density at radius 1 is 1.23 bits per heavy atom. The zero-order chi connectivity index (χ0) is 31.9. The van der Waals surface area contributed by atoms with E-state index in [0.29, 0.717) is 12.5 Å². The molecular weight excluding hydrogens is 623 g/mol. The van der Waals surface area contributed by atoms with E-state index in [1.165, 1.54) is 35.3 Å². The molecule has 0 bridgehead atoms. The van der Waals surface area contributed by atoms with E-state index < -0.39 is 27.5 Å². The van der Waals surface area contributed by atoms with Gasteiger partial charge in [0.05, 0.1) is 23.3 Å². The summed E-state index contributed by atoms with van der Waals surface area (Å²) in [5.41, 5.74) is -1.45. The second-order valence-electron chi connectivity index (χ2n) is 12.2. The molecule has 240 valence electrons. The van der Waals surface area contributed by atoms with E-state index in [2.05, 4.69) is 34.3 Å². The van der Waals surface area contributed by atoms with E-state index in [1.807, 2.05) is 4.72 Å². The second-order valence-corrected chi connectivity index (χ2v) is 14.2. The number of sulfonamides is 1. The molecule has 1 unspecified atom stereocenters. The zero-order valence-corrected chi connectivity index (χ0v) is 26.2. The molecule has 2 N–H and O–H groups in total. The Hall–Kier alpha value is -3.17. The molecule has 1 saturated heterocycles. The number of rotatable bonds is 12. The minimum Gasteiger partial charge on any atom is -0.477 e. The van der Waals surface area contributed by atoms with Crippen LogP contribution in [0.3, 0.4) is 0 Å². The van der Waals surface area contributed by atoms with Crippen LogP contribution in [-0.4, -0.2) is 63.7 Å². The number of hydrogen-bond donors (Lipinski definition) is 2. The van der Waals surface area contributed by atoms with Gasteiger partial charge >= 0.3 is 6.18 Å². The Kier molecular flexibility index (Phi) is 8.77. The first kappa shape index (κ1) is 32.2. The zero-order valence-electron chi connectivity index (χ0n) is 24.6. The molecule has 1 aliphatic carbocycles. The van der Waals surface area contributed by atoms with Crippen molar-refractivity contribution in [1.82, 2.24) is 34.6 Å². The summed E-state index contributed by atoms with van der Waals surface area (Å²) < 4.78 is 75.7. The van der Waals surface area contributed by atoms with Gasteiger partial charge in [-0.1, -0.05) is 11.6 Å². The Balaban J connectivity index is 1.16. The Labute approximate surface area is 258 Å². The fraction of sp³-hybridized carbons (Fsp3) is 0.571. The first-order valence-electron chi connectivity index (χ1n) is 14.4. The molecule has 11 nitrogen and oxygen atoms in total. The van der Waals surface area contributed by atoms with Gasteiger partial charge in [0.2, 0.25) is 5.88 Å². The van der Waals surface area contributed by atoms with Crippen LogP contribution in [-0.2, 0) is 16.6 Å². The third-order valence-electron chi connectivity index (χ3n) is 8.25. The summed E-state index contributed by atoms with van der Waals surface area (Å²) in [6.07, 6.45) is 1.58. The molecule has 0 aromatic carbocycles. The molecular formula is C28H35ClF3N7O4S. The minimum atomic E-state index is -4.26. The molecule has 2 aliphatic rings. The normalized spacial score (nSPS) is 19.2. The molecule has 0 radical (unpaired) electrons. The molecule has 16 heteroatoms. The summed E-state index contributed by atoms with van der Waals surface area (Å²) in [5.74, 6) is -0.124. The van der Waals surface area contributed by atoms with Crippen molar-refractivity contribution in [2.45, 2.75) is 82.5 Å². The van der Waals surface area contributed by atoms with Crippen molar-refractivity contribution in [2.75, 3.05) is 13.2 Å². The Morgan fingerprint density at radius 2 is 1.98 bits per heavy atom. The fourth-order valence-electron chi connectivity index (χ4n) is 5.55. The Bertz CT molecular complexity index is 1630. The largest absolute Gasteiger partial charge is 0.477 e. The van der Waals surface area contributed by atoms with Gasteiger partial charge in [0, 0.05) is 30.5 Å². The van der Waals surface area contributed by atoms with Gasteiger partial charge in [-0.25, -0.2) is 22.8 Å². The van der Waals surface area contributed by atoms with Gasteiger partial charge in [0.1, 0.15) is 10.0 Å². The molecule has 3 aromatic rings. The highest BCUT2D eigenvalue weighted by molar-refractivity contribution is 7.90. The smallest absolute Gasteiger partial charge is 0.394 e. The van der Waals surface area contributed by atoms with Crippen LogP contribution >= 0.6 is 11.6 Å². The van der Waals surface area contributed by atoms with Crippen LogP contribution in [0, 0.1) is 18.3 Å². The number of amides is 1. The van der Waals surface area contributed by atoms with Crippen molar-refractivity contribution in [3.05, 3.63) is 47.0 Å². The van der Waals surface area contributed by atoms with Gasteiger partial charge in [-0.2, -0.15) is 18.3 Å². The second kappa shape index (κ2) is 12.0. The number of carbonyl (C=O) groups excluding carboxylic acids is 1. The summed E-state index contributed by atoms with van der Waals surface area (Å²) in [6.45, 7) is 7.28. The lowest BCUT2D eigenvalue weighted by atomic mass is 9.94. The van der Waals surface area contributed by atoms with Crippen LogP contribution in [0.15, 0.2) is 35.5 Å². The van der Waals surface area contributed by atoms with Gasteiger partial charge in [-0.05, 0) is 83.9 Å². The van der Waals surface area contributed by atoms with Crippen molar-refractivity contribution in [2.24, 2.45) is 11.3 Å². The number of halogens is 4. The number of hydrogen-bond acceptors (Lipinski definition) is 8. The highest BCUT2D eigenvalue weighted by atomic mass is 35.5. The summed E-state index contributed by atoms with van der Waals surface area (Å²) >= 11 is 6.24. The molecule has 1 aliphatic heterocycles. The lowest BCUT2D eigenvalue weighted by Crippen LogP contribution is -2.31. The van der Waals surface area contributed by atoms with Gasteiger partial charge in [0.25, 0.3) is 15.9 Å². The lowest BCUT2D eigenvalue weighted by molar-refractivity contribution is -0.190. The molecule has 1 saturated carbocycles. The summed E-state index contributed by atoms with van der Waals surface area (Å²) in [5, 5.41) is 11.7. The molecule has 3 aromatic heterocycles. The van der Waals surface area contributed by atoms with Crippen molar-refractivity contribution in [3.8, 4) is 11.7 Å². The first-order chi connectivity index (χ1) is 20.6. The van der Waals surface area contributed by atoms with E-state index in [9.17, 15) is 26.4 Å². The van der Waals surface area contributed by atoms with Crippen molar-refractivity contribution in [1.29, 1.82) is 0 Å². The van der Waals surface area contributed by atoms with Crippen molar-refractivity contribution in [3.63, 3.8) is 0 Å². The molecule has 44 heavy (non-hydrogen) atoms. The SMILES string of the molecule is Cc1nn(CCCC2CNC(C)(C)C2)cc1S(=O)(=O)NC(=O)c1ccc(-n2ccc(OCCC3(C(F)(F)F)CC3)n2)nc1Cl. The molecule has 1 atom stereocenters. The van der Waals surface area contributed by atoms with Gasteiger partial charge < -0.3 is 10.1 Å². The standard InChI is InChI=1S/C28H35ClF3N7O4S/c1-18-21(17-38(35-18)12-4-5-19-15-26(2,3)33-16-19)44(41,42)37-25(40)20-6-7-22(34-24(20)29)39-13-8-23(36-39)43-14-11-27(9-10-27)28(30,31)32/h6-8,13,17,19,33H,4-5,9-12,14-16H2,1-3H3,(H,37,40). The summed E-state index contributed by atoms with van der Waals surface area (Å²) in [4.78, 5) is 16.9. The monoisotopic (exact) mass is 657 g/mol. The predicted octanol–water partition coefficient (Wildman–Crippen LogP) is 4.82. The number of aryl methyl sites for hydroxylation is 2. The van der Waals surface area contributed by atoms with Crippen molar-refractivity contribution < 1.29 is 31.1 Å². The van der Waals surface area contributed by atoms with Crippen LogP contribution in [0.25, 0.3) is 5.82 Å². The number of nitrogens with zero attached hydrogens (tertiary/aromatic N) is 5. The van der Waals surface area contributed by atoms with E-state index in [0.717, 1.165) is 25.8 Å².